The molecule has 1 aromatic rings. The molecule has 0 aromatic heterocycles. The van der Waals surface area contributed by atoms with Crippen molar-refractivity contribution in [2.24, 2.45) is 0 Å². The van der Waals surface area contributed by atoms with Gasteiger partial charge in [-0.05, 0) is 63.9 Å². The summed E-state index contributed by atoms with van der Waals surface area (Å²) < 4.78 is 0. The number of hydrogen-bond donors (Lipinski definition) is 2. The highest BCUT2D eigenvalue weighted by molar-refractivity contribution is 5.89. The van der Waals surface area contributed by atoms with E-state index in [-0.39, 0.29) is 6.03 Å². The molecule has 0 saturated carbocycles. The van der Waals surface area contributed by atoms with Crippen LogP contribution in [0.4, 0.5) is 16.2 Å². The van der Waals surface area contributed by atoms with Gasteiger partial charge in [-0.25, -0.2) is 4.79 Å². The summed E-state index contributed by atoms with van der Waals surface area (Å²) in [5, 5.41) is 6.67. The maximum absolute atomic E-state index is 12.4. The molecular weight excluding hydrogens is 312 g/mol. The summed E-state index contributed by atoms with van der Waals surface area (Å²) >= 11 is 0. The summed E-state index contributed by atoms with van der Waals surface area (Å²) in [6.07, 6.45) is 7.05. The number of urea groups is 1. The molecule has 5 heteroatoms. The Bertz CT molecular complexity index is 551. The first-order valence-electron chi connectivity index (χ1n) is 9.74. The monoisotopic (exact) mass is 344 g/mol. The highest BCUT2D eigenvalue weighted by Gasteiger charge is 2.22. The Morgan fingerprint density at radius 1 is 1.00 bits per heavy atom. The van der Waals surface area contributed by atoms with Gasteiger partial charge in [0.1, 0.15) is 0 Å². The molecule has 0 unspecified atom stereocenters. The molecule has 25 heavy (non-hydrogen) atoms. The second-order valence-corrected chi connectivity index (χ2v) is 7.60. The maximum atomic E-state index is 12.4. The van der Waals surface area contributed by atoms with Crippen molar-refractivity contribution in [1.82, 2.24) is 9.80 Å². The van der Waals surface area contributed by atoms with Crippen LogP contribution in [0.25, 0.3) is 0 Å². The minimum atomic E-state index is 0.0340. The third kappa shape index (κ3) is 5.11. The van der Waals surface area contributed by atoms with Gasteiger partial charge in [-0.3, -0.25) is 0 Å². The van der Waals surface area contributed by atoms with E-state index in [2.05, 4.69) is 41.6 Å². The van der Waals surface area contributed by atoms with Gasteiger partial charge < -0.3 is 20.4 Å². The Balaban J connectivity index is 1.50. The summed E-state index contributed by atoms with van der Waals surface area (Å²) in [5.74, 6) is 0. The molecule has 5 nitrogen and oxygen atoms in total. The number of hydrogen-bond acceptors (Lipinski definition) is 3. The number of likely N-dealkylation sites (tertiary alicyclic amines) is 2. The average molecular weight is 345 g/mol. The number of anilines is 2. The highest BCUT2D eigenvalue weighted by atomic mass is 16.2. The smallest absolute Gasteiger partial charge is 0.321 e. The van der Waals surface area contributed by atoms with Crippen molar-refractivity contribution in [3.8, 4) is 0 Å². The lowest BCUT2D eigenvalue weighted by molar-refractivity contribution is 0.190. The molecule has 138 valence electrons. The lowest BCUT2D eigenvalue weighted by atomic mass is 9.98. The zero-order chi connectivity index (χ0) is 17.6. The first-order valence-corrected chi connectivity index (χ1v) is 9.74. The topological polar surface area (TPSA) is 47.6 Å². The number of carbonyl (C=O) groups excluding carboxylic acids is 1. The van der Waals surface area contributed by atoms with Crippen LogP contribution in [-0.2, 0) is 0 Å². The fourth-order valence-electron chi connectivity index (χ4n) is 3.78. The van der Waals surface area contributed by atoms with Gasteiger partial charge in [0.2, 0.25) is 0 Å². The standard InChI is InChI=1S/C20H32N4O/c1-16-15-19(11-14-23(16)2)21-17-7-9-18(10-8-17)22-20(25)24-12-5-3-4-6-13-24/h7-10,16,19,21H,3-6,11-15H2,1-2H3,(H,22,25)/t16-,19+/m0/s1. The normalized spacial score (nSPS) is 25.3. The largest absolute Gasteiger partial charge is 0.382 e. The van der Waals surface area contributed by atoms with Crippen LogP contribution < -0.4 is 10.6 Å². The Morgan fingerprint density at radius 3 is 2.28 bits per heavy atom. The fraction of sp³-hybridized carbons (Fsp3) is 0.650. The molecule has 0 spiro atoms. The predicted molar refractivity (Wildman–Crippen MR) is 104 cm³/mol. The SMILES string of the molecule is C[C@H]1C[C@H](Nc2ccc(NC(=O)N3CCCCCC3)cc2)CCN1C. The molecule has 2 atom stereocenters. The van der Waals surface area contributed by atoms with Crippen molar-refractivity contribution < 1.29 is 4.79 Å². The Kier molecular flexibility index (Phi) is 6.19. The predicted octanol–water partition coefficient (Wildman–Crippen LogP) is 3.99. The molecular formula is C20H32N4O. The molecule has 2 aliphatic heterocycles. The zero-order valence-corrected chi connectivity index (χ0v) is 15.6. The van der Waals surface area contributed by atoms with Crippen molar-refractivity contribution in [2.75, 3.05) is 37.3 Å². The van der Waals surface area contributed by atoms with Gasteiger partial charge in [-0.2, -0.15) is 0 Å². The van der Waals surface area contributed by atoms with E-state index < -0.39 is 0 Å². The molecule has 0 radical (unpaired) electrons. The van der Waals surface area contributed by atoms with Crippen LogP contribution in [0.2, 0.25) is 0 Å². The molecule has 2 fully saturated rings. The lowest BCUT2D eigenvalue weighted by Gasteiger charge is -2.35. The molecule has 2 saturated heterocycles. The highest BCUT2D eigenvalue weighted by Crippen LogP contribution is 2.21. The van der Waals surface area contributed by atoms with Crippen LogP contribution in [0.1, 0.15) is 45.4 Å². The van der Waals surface area contributed by atoms with E-state index in [9.17, 15) is 4.79 Å². The molecule has 2 N–H and O–H groups in total. The molecule has 0 bridgehead atoms. The van der Waals surface area contributed by atoms with Crippen molar-refractivity contribution >= 4 is 17.4 Å². The van der Waals surface area contributed by atoms with Gasteiger partial charge in [0.05, 0.1) is 0 Å². The van der Waals surface area contributed by atoms with Crippen LogP contribution >= 0.6 is 0 Å². The number of nitrogens with one attached hydrogen (secondary N) is 2. The van der Waals surface area contributed by atoms with Crippen LogP contribution in [0.3, 0.4) is 0 Å². The second kappa shape index (κ2) is 8.56. The third-order valence-electron chi connectivity index (χ3n) is 5.61. The van der Waals surface area contributed by atoms with Crippen molar-refractivity contribution in [3.63, 3.8) is 0 Å². The number of rotatable bonds is 3. The molecule has 2 aliphatic rings. The Labute approximate surface area is 151 Å². The average Bonchev–Trinajstić information content (AvgIpc) is 2.89. The molecule has 2 heterocycles. The second-order valence-electron chi connectivity index (χ2n) is 7.60. The first kappa shape index (κ1) is 18.1. The first-order chi connectivity index (χ1) is 12.1. The fourth-order valence-corrected chi connectivity index (χ4v) is 3.78. The molecule has 0 aliphatic carbocycles. The third-order valence-corrected chi connectivity index (χ3v) is 5.61. The number of amides is 2. The van der Waals surface area contributed by atoms with E-state index in [0.717, 1.165) is 43.9 Å². The minimum Gasteiger partial charge on any atom is -0.382 e. The number of piperidine rings is 1. The summed E-state index contributed by atoms with van der Waals surface area (Å²) in [4.78, 5) is 16.7. The minimum absolute atomic E-state index is 0.0340. The van der Waals surface area contributed by atoms with Crippen LogP contribution in [0, 0.1) is 0 Å². The summed E-state index contributed by atoms with van der Waals surface area (Å²) in [7, 11) is 2.20. The molecule has 3 rings (SSSR count). The van der Waals surface area contributed by atoms with Crippen LogP contribution in [0.5, 0.6) is 0 Å². The van der Waals surface area contributed by atoms with Crippen molar-refractivity contribution in [1.29, 1.82) is 0 Å². The van der Waals surface area contributed by atoms with Gasteiger partial charge in [0, 0.05) is 43.1 Å². The summed E-state index contributed by atoms with van der Waals surface area (Å²) in [6.45, 7) is 5.18. The number of benzene rings is 1. The Morgan fingerprint density at radius 2 is 1.64 bits per heavy atom. The summed E-state index contributed by atoms with van der Waals surface area (Å²) in [5.41, 5.74) is 2.01. The van der Waals surface area contributed by atoms with Gasteiger partial charge in [0.25, 0.3) is 0 Å². The van der Waals surface area contributed by atoms with Gasteiger partial charge >= 0.3 is 6.03 Å². The van der Waals surface area contributed by atoms with Gasteiger partial charge in [-0.1, -0.05) is 12.8 Å². The van der Waals surface area contributed by atoms with Crippen molar-refractivity contribution in [3.05, 3.63) is 24.3 Å². The maximum Gasteiger partial charge on any atom is 0.321 e. The lowest BCUT2D eigenvalue weighted by Crippen LogP contribution is -2.42. The van der Waals surface area contributed by atoms with Crippen LogP contribution in [0.15, 0.2) is 24.3 Å². The van der Waals surface area contributed by atoms with E-state index in [1.807, 2.05) is 17.0 Å². The van der Waals surface area contributed by atoms with Gasteiger partial charge in [0.15, 0.2) is 0 Å². The van der Waals surface area contributed by atoms with E-state index in [4.69, 9.17) is 0 Å². The van der Waals surface area contributed by atoms with E-state index in [0.29, 0.717) is 12.1 Å². The van der Waals surface area contributed by atoms with E-state index in [1.54, 1.807) is 0 Å². The zero-order valence-electron chi connectivity index (χ0n) is 15.6. The quantitative estimate of drug-likeness (QED) is 0.871. The van der Waals surface area contributed by atoms with E-state index >= 15 is 0 Å². The van der Waals surface area contributed by atoms with Crippen molar-refractivity contribution in [2.45, 2.75) is 57.5 Å². The Hall–Kier alpha value is -1.75. The number of carbonyl (C=O) groups is 1. The summed E-state index contributed by atoms with van der Waals surface area (Å²) in [6, 6.07) is 9.32. The van der Waals surface area contributed by atoms with E-state index in [1.165, 1.54) is 25.7 Å². The molecule has 2 amide bonds. The molecule has 1 aromatic carbocycles. The number of nitrogens with zero attached hydrogens (tertiary/aromatic N) is 2. The van der Waals surface area contributed by atoms with Gasteiger partial charge in [-0.15, -0.1) is 0 Å². The van der Waals surface area contributed by atoms with Crippen LogP contribution in [-0.4, -0.2) is 54.6 Å².